The SMILES string of the molecule is CC1(c2ccc(OC3CCCCO3)cc2)SCCCS1. The van der Waals surface area contributed by atoms with Crippen LogP contribution in [0.2, 0.25) is 0 Å². The molecule has 0 spiro atoms. The molecule has 2 saturated heterocycles. The number of thioether (sulfide) groups is 2. The summed E-state index contributed by atoms with van der Waals surface area (Å²) in [7, 11) is 0. The highest BCUT2D eigenvalue weighted by molar-refractivity contribution is 8.18. The summed E-state index contributed by atoms with van der Waals surface area (Å²) < 4.78 is 11.7. The van der Waals surface area contributed by atoms with Crippen molar-refractivity contribution in [2.75, 3.05) is 18.1 Å². The molecule has 1 aromatic carbocycles. The van der Waals surface area contributed by atoms with Gasteiger partial charge in [-0.3, -0.25) is 0 Å². The van der Waals surface area contributed by atoms with Gasteiger partial charge in [0.15, 0.2) is 6.29 Å². The summed E-state index contributed by atoms with van der Waals surface area (Å²) >= 11 is 4.12. The fraction of sp³-hybridized carbons (Fsp3) is 0.625. The zero-order chi connectivity index (χ0) is 13.8. The molecule has 0 N–H and O–H groups in total. The van der Waals surface area contributed by atoms with E-state index in [1.54, 1.807) is 0 Å². The van der Waals surface area contributed by atoms with Gasteiger partial charge in [0.1, 0.15) is 5.75 Å². The first-order valence-electron chi connectivity index (χ1n) is 7.43. The summed E-state index contributed by atoms with van der Waals surface area (Å²) in [6.07, 6.45) is 4.64. The molecule has 0 radical (unpaired) electrons. The molecule has 2 heterocycles. The number of hydrogen-bond acceptors (Lipinski definition) is 4. The average molecular weight is 310 g/mol. The third-order valence-corrected chi connectivity index (χ3v) is 7.09. The van der Waals surface area contributed by atoms with Crippen LogP contribution in [0.1, 0.15) is 38.2 Å². The molecule has 2 nitrogen and oxygen atoms in total. The van der Waals surface area contributed by atoms with E-state index in [1.165, 1.54) is 29.9 Å². The Morgan fingerprint density at radius 1 is 1.10 bits per heavy atom. The number of ether oxygens (including phenoxy) is 2. The molecule has 3 rings (SSSR count). The summed E-state index contributed by atoms with van der Waals surface area (Å²) in [4.78, 5) is 0. The Bertz CT molecular complexity index is 421. The van der Waals surface area contributed by atoms with Gasteiger partial charge in [0.25, 0.3) is 0 Å². The first kappa shape index (κ1) is 14.6. The molecule has 110 valence electrons. The first-order chi connectivity index (χ1) is 9.76. The lowest BCUT2D eigenvalue weighted by atomic mass is 10.1. The normalized spacial score (nSPS) is 26.1. The Morgan fingerprint density at radius 2 is 1.85 bits per heavy atom. The quantitative estimate of drug-likeness (QED) is 0.809. The van der Waals surface area contributed by atoms with Crippen LogP contribution in [0.4, 0.5) is 0 Å². The Morgan fingerprint density at radius 3 is 2.50 bits per heavy atom. The van der Waals surface area contributed by atoms with E-state index in [0.717, 1.165) is 25.2 Å². The topological polar surface area (TPSA) is 18.5 Å². The second kappa shape index (κ2) is 6.63. The predicted molar refractivity (Wildman–Crippen MR) is 87.5 cm³/mol. The molecule has 20 heavy (non-hydrogen) atoms. The van der Waals surface area contributed by atoms with E-state index in [0.29, 0.717) is 0 Å². The second-order valence-electron chi connectivity index (χ2n) is 5.43. The van der Waals surface area contributed by atoms with Gasteiger partial charge in [0.2, 0.25) is 0 Å². The maximum absolute atomic E-state index is 5.89. The molecule has 0 bridgehead atoms. The van der Waals surface area contributed by atoms with E-state index in [-0.39, 0.29) is 10.4 Å². The van der Waals surface area contributed by atoms with E-state index in [4.69, 9.17) is 9.47 Å². The fourth-order valence-corrected chi connectivity index (χ4v) is 5.57. The summed E-state index contributed by atoms with van der Waals surface area (Å²) in [6, 6.07) is 8.61. The highest BCUT2D eigenvalue weighted by Gasteiger charge is 2.30. The number of rotatable bonds is 3. The Kier molecular flexibility index (Phi) is 4.84. The van der Waals surface area contributed by atoms with Crippen molar-refractivity contribution in [1.82, 2.24) is 0 Å². The van der Waals surface area contributed by atoms with Crippen molar-refractivity contribution in [3.05, 3.63) is 29.8 Å². The van der Waals surface area contributed by atoms with Crippen molar-refractivity contribution >= 4 is 23.5 Å². The van der Waals surface area contributed by atoms with Crippen LogP contribution in [0.3, 0.4) is 0 Å². The smallest absolute Gasteiger partial charge is 0.199 e. The molecule has 2 aliphatic rings. The van der Waals surface area contributed by atoms with E-state index in [1.807, 2.05) is 0 Å². The summed E-state index contributed by atoms with van der Waals surface area (Å²) in [5.41, 5.74) is 1.39. The summed E-state index contributed by atoms with van der Waals surface area (Å²) in [5.74, 6) is 3.45. The molecule has 1 atom stereocenters. The lowest BCUT2D eigenvalue weighted by molar-refractivity contribution is -0.105. The monoisotopic (exact) mass is 310 g/mol. The molecular formula is C16H22O2S2. The van der Waals surface area contributed by atoms with Crippen molar-refractivity contribution in [3.8, 4) is 5.75 Å². The zero-order valence-corrected chi connectivity index (χ0v) is 13.6. The van der Waals surface area contributed by atoms with Crippen molar-refractivity contribution in [3.63, 3.8) is 0 Å². The van der Waals surface area contributed by atoms with Crippen LogP contribution in [-0.4, -0.2) is 24.4 Å². The third-order valence-electron chi connectivity index (χ3n) is 3.83. The van der Waals surface area contributed by atoms with Crippen LogP contribution in [0.25, 0.3) is 0 Å². The highest BCUT2D eigenvalue weighted by atomic mass is 32.2. The maximum atomic E-state index is 5.89. The Hall–Kier alpha value is -0.320. The van der Waals surface area contributed by atoms with Crippen LogP contribution in [-0.2, 0) is 8.82 Å². The van der Waals surface area contributed by atoms with Gasteiger partial charge in [0, 0.05) is 6.42 Å². The Balaban J connectivity index is 1.64. The lowest BCUT2D eigenvalue weighted by Gasteiger charge is -2.33. The van der Waals surface area contributed by atoms with Gasteiger partial charge >= 0.3 is 0 Å². The van der Waals surface area contributed by atoms with Gasteiger partial charge in [-0.2, -0.15) is 0 Å². The van der Waals surface area contributed by atoms with Gasteiger partial charge in [-0.15, -0.1) is 23.5 Å². The van der Waals surface area contributed by atoms with E-state index in [9.17, 15) is 0 Å². The van der Waals surface area contributed by atoms with E-state index < -0.39 is 0 Å². The number of benzene rings is 1. The van der Waals surface area contributed by atoms with Crippen LogP contribution in [0.5, 0.6) is 5.75 Å². The van der Waals surface area contributed by atoms with Gasteiger partial charge < -0.3 is 9.47 Å². The van der Waals surface area contributed by atoms with Crippen molar-refractivity contribution in [1.29, 1.82) is 0 Å². The first-order valence-corrected chi connectivity index (χ1v) is 9.40. The van der Waals surface area contributed by atoms with Gasteiger partial charge in [-0.05, 0) is 55.4 Å². The summed E-state index contributed by atoms with van der Waals surface area (Å²) in [6.45, 7) is 3.16. The average Bonchev–Trinajstić information content (AvgIpc) is 2.50. The highest BCUT2D eigenvalue weighted by Crippen LogP contribution is 2.49. The van der Waals surface area contributed by atoms with Gasteiger partial charge in [0.05, 0.1) is 10.7 Å². The van der Waals surface area contributed by atoms with Crippen molar-refractivity contribution in [2.45, 2.75) is 43.0 Å². The van der Waals surface area contributed by atoms with E-state index >= 15 is 0 Å². The standard InChI is InChI=1S/C16H22O2S2/c1-16(19-11-4-12-20-16)13-6-8-14(9-7-13)18-15-5-2-3-10-17-15/h6-9,15H,2-5,10-12H2,1H3. The predicted octanol–water partition coefficient (Wildman–Crippen LogP) is 4.63. The minimum Gasteiger partial charge on any atom is -0.465 e. The summed E-state index contributed by atoms with van der Waals surface area (Å²) in [5, 5.41) is 0. The van der Waals surface area contributed by atoms with E-state index in [2.05, 4.69) is 54.7 Å². The van der Waals surface area contributed by atoms with Gasteiger partial charge in [-0.1, -0.05) is 12.1 Å². The zero-order valence-electron chi connectivity index (χ0n) is 12.0. The lowest BCUT2D eigenvalue weighted by Crippen LogP contribution is -2.25. The minimum absolute atomic E-state index is 0.0522. The molecule has 0 aliphatic carbocycles. The molecule has 0 saturated carbocycles. The molecule has 1 aromatic rings. The molecule has 0 aromatic heterocycles. The largest absolute Gasteiger partial charge is 0.465 e. The molecule has 2 fully saturated rings. The van der Waals surface area contributed by atoms with Crippen molar-refractivity contribution < 1.29 is 9.47 Å². The molecule has 2 aliphatic heterocycles. The maximum Gasteiger partial charge on any atom is 0.199 e. The van der Waals surface area contributed by atoms with Crippen LogP contribution >= 0.6 is 23.5 Å². The van der Waals surface area contributed by atoms with Crippen LogP contribution in [0, 0.1) is 0 Å². The van der Waals surface area contributed by atoms with Crippen LogP contribution in [0.15, 0.2) is 24.3 Å². The van der Waals surface area contributed by atoms with Gasteiger partial charge in [-0.25, -0.2) is 0 Å². The minimum atomic E-state index is -0.0522. The Labute approximate surface area is 130 Å². The molecule has 1 unspecified atom stereocenters. The van der Waals surface area contributed by atoms with Crippen LogP contribution < -0.4 is 4.74 Å². The third kappa shape index (κ3) is 3.46. The number of hydrogen-bond donors (Lipinski definition) is 0. The molecule has 4 heteroatoms. The fourth-order valence-electron chi connectivity index (χ4n) is 2.59. The second-order valence-corrected chi connectivity index (χ2v) is 8.72. The van der Waals surface area contributed by atoms with Crippen molar-refractivity contribution in [2.24, 2.45) is 0 Å². The molecular weight excluding hydrogens is 288 g/mol. The molecule has 0 amide bonds.